The van der Waals surface area contributed by atoms with Gasteiger partial charge in [-0.05, 0) is 13.0 Å². The molecule has 2 rings (SSSR count). The van der Waals surface area contributed by atoms with Crippen LogP contribution in [0, 0.1) is 28.7 Å². The fraction of sp³-hybridized carbons (Fsp3) is 0.100. The highest BCUT2D eigenvalue weighted by atomic mass is 19.1. The molecule has 0 aliphatic rings. The highest BCUT2D eigenvalue weighted by Gasteiger charge is 2.25. The molecule has 6 nitrogen and oxygen atoms in total. The van der Waals surface area contributed by atoms with Crippen molar-refractivity contribution in [1.29, 1.82) is 0 Å². The number of halogens is 2. The largest absolute Gasteiger partial charge is 0.381 e. The molecule has 1 aromatic heterocycles. The first-order chi connectivity index (χ1) is 8.41. The lowest BCUT2D eigenvalue weighted by Crippen LogP contribution is -1.97. The lowest BCUT2D eigenvalue weighted by molar-refractivity contribution is -0.387. The Hall–Kier alpha value is -2.51. The Balaban J connectivity index is 2.72. The molecule has 0 saturated heterocycles. The van der Waals surface area contributed by atoms with Gasteiger partial charge in [-0.2, -0.15) is 4.39 Å². The van der Waals surface area contributed by atoms with Crippen LogP contribution in [0.25, 0.3) is 11.3 Å². The van der Waals surface area contributed by atoms with Crippen molar-refractivity contribution in [2.75, 3.05) is 5.73 Å². The molecule has 1 aromatic carbocycles. The van der Waals surface area contributed by atoms with E-state index in [0.717, 1.165) is 6.07 Å². The normalized spacial score (nSPS) is 10.6. The number of anilines is 1. The first kappa shape index (κ1) is 12.0. The Bertz CT molecular complexity index is 640. The molecule has 0 radical (unpaired) electrons. The summed E-state index contributed by atoms with van der Waals surface area (Å²) >= 11 is 0. The van der Waals surface area contributed by atoms with E-state index in [0.29, 0.717) is 6.07 Å². The quantitative estimate of drug-likeness (QED) is 0.656. The van der Waals surface area contributed by atoms with Gasteiger partial charge in [0.05, 0.1) is 16.6 Å². The van der Waals surface area contributed by atoms with E-state index in [1.165, 1.54) is 6.92 Å². The van der Waals surface area contributed by atoms with E-state index in [2.05, 4.69) is 5.16 Å². The van der Waals surface area contributed by atoms with Crippen LogP contribution in [0.1, 0.15) is 5.56 Å². The second-order valence-electron chi connectivity index (χ2n) is 3.57. The summed E-state index contributed by atoms with van der Waals surface area (Å²) in [5, 5.41) is 14.0. The number of hydrogen-bond acceptors (Lipinski definition) is 5. The summed E-state index contributed by atoms with van der Waals surface area (Å²) < 4.78 is 31.8. The van der Waals surface area contributed by atoms with Crippen molar-refractivity contribution in [3.63, 3.8) is 0 Å². The van der Waals surface area contributed by atoms with Gasteiger partial charge in [-0.1, -0.05) is 5.16 Å². The van der Waals surface area contributed by atoms with Crippen LogP contribution in [0.3, 0.4) is 0 Å². The summed E-state index contributed by atoms with van der Waals surface area (Å²) in [6, 6.07) is 1.28. The van der Waals surface area contributed by atoms with Crippen LogP contribution < -0.4 is 5.73 Å². The Morgan fingerprint density at radius 3 is 2.61 bits per heavy atom. The molecule has 8 heteroatoms. The summed E-state index contributed by atoms with van der Waals surface area (Å²) in [5.74, 6) is -2.27. The zero-order valence-corrected chi connectivity index (χ0v) is 9.11. The van der Waals surface area contributed by atoms with E-state index in [4.69, 9.17) is 10.3 Å². The van der Waals surface area contributed by atoms with Gasteiger partial charge in [-0.25, -0.2) is 4.39 Å². The monoisotopic (exact) mass is 255 g/mol. The van der Waals surface area contributed by atoms with E-state index in [1.54, 1.807) is 0 Å². The number of nitro benzene ring substituents is 1. The van der Waals surface area contributed by atoms with Gasteiger partial charge < -0.3 is 10.3 Å². The van der Waals surface area contributed by atoms with Crippen molar-refractivity contribution in [3.05, 3.63) is 39.4 Å². The van der Waals surface area contributed by atoms with Crippen molar-refractivity contribution in [3.8, 4) is 11.3 Å². The first-order valence-corrected chi connectivity index (χ1v) is 4.77. The molecule has 94 valence electrons. The summed E-state index contributed by atoms with van der Waals surface area (Å²) in [4.78, 5) is 9.56. The van der Waals surface area contributed by atoms with Gasteiger partial charge >= 0.3 is 5.69 Å². The Kier molecular flexibility index (Phi) is 2.70. The maximum absolute atomic E-state index is 13.8. The van der Waals surface area contributed by atoms with Crippen LogP contribution in [-0.2, 0) is 0 Å². The number of nitro groups is 1. The number of nitrogens with zero attached hydrogens (tertiary/aromatic N) is 2. The molecule has 0 amide bonds. The van der Waals surface area contributed by atoms with E-state index in [1.807, 2.05) is 0 Å². The molecule has 0 atom stereocenters. The number of benzene rings is 1. The van der Waals surface area contributed by atoms with Gasteiger partial charge in [0.2, 0.25) is 5.82 Å². The minimum atomic E-state index is -1.19. The Morgan fingerprint density at radius 2 is 2.11 bits per heavy atom. The molecule has 0 saturated carbocycles. The molecule has 2 N–H and O–H groups in total. The van der Waals surface area contributed by atoms with Crippen molar-refractivity contribution in [2.24, 2.45) is 0 Å². The van der Waals surface area contributed by atoms with Gasteiger partial charge in [0.25, 0.3) is 0 Å². The Morgan fingerprint density at radius 1 is 1.44 bits per heavy atom. The fourth-order valence-corrected chi connectivity index (χ4v) is 1.47. The van der Waals surface area contributed by atoms with Gasteiger partial charge in [-0.15, -0.1) is 0 Å². The maximum atomic E-state index is 13.8. The van der Waals surface area contributed by atoms with E-state index < -0.39 is 22.2 Å². The molecule has 0 aliphatic carbocycles. The van der Waals surface area contributed by atoms with Crippen LogP contribution in [0.15, 0.2) is 16.7 Å². The van der Waals surface area contributed by atoms with E-state index >= 15 is 0 Å². The van der Waals surface area contributed by atoms with Crippen molar-refractivity contribution in [2.45, 2.75) is 6.92 Å². The third-order valence-electron chi connectivity index (χ3n) is 2.42. The molecule has 0 bridgehead atoms. The lowest BCUT2D eigenvalue weighted by Gasteiger charge is -2.01. The summed E-state index contributed by atoms with van der Waals surface area (Å²) in [6.45, 7) is 1.48. The number of aromatic nitrogens is 1. The number of nitrogens with two attached hydrogens (primary N) is 1. The maximum Gasteiger partial charge on any atom is 0.308 e. The summed E-state index contributed by atoms with van der Waals surface area (Å²) in [5.41, 5.74) is 4.34. The summed E-state index contributed by atoms with van der Waals surface area (Å²) in [6.07, 6.45) is 0. The zero-order chi connectivity index (χ0) is 13.4. The SMILES string of the molecule is Cc1c(N)noc1-c1cc(F)cc([N+](=O)[O-])c1F. The fourth-order valence-electron chi connectivity index (χ4n) is 1.47. The molecule has 0 fully saturated rings. The lowest BCUT2D eigenvalue weighted by atomic mass is 10.1. The number of rotatable bonds is 2. The molecule has 0 unspecified atom stereocenters. The second-order valence-corrected chi connectivity index (χ2v) is 3.57. The van der Waals surface area contributed by atoms with Crippen molar-refractivity contribution < 1.29 is 18.2 Å². The van der Waals surface area contributed by atoms with Gasteiger partial charge in [-0.3, -0.25) is 10.1 Å². The average Bonchev–Trinajstić information content (AvgIpc) is 2.62. The molecule has 18 heavy (non-hydrogen) atoms. The van der Waals surface area contributed by atoms with E-state index in [-0.39, 0.29) is 22.7 Å². The highest BCUT2D eigenvalue weighted by Crippen LogP contribution is 2.33. The average molecular weight is 255 g/mol. The van der Waals surface area contributed by atoms with Crippen LogP contribution in [-0.4, -0.2) is 10.1 Å². The minimum Gasteiger partial charge on any atom is -0.381 e. The van der Waals surface area contributed by atoms with Crippen LogP contribution >= 0.6 is 0 Å². The standard InChI is InChI=1S/C10H7F2N3O3/c1-4-9(18-14-10(4)13)6-2-5(11)3-7(8(6)12)15(16)17/h2-3H,1H3,(H2,13,14). The van der Waals surface area contributed by atoms with Gasteiger partial charge in [0.1, 0.15) is 5.82 Å². The predicted octanol–water partition coefficient (Wildman–Crippen LogP) is 2.42. The third kappa shape index (κ3) is 1.77. The second kappa shape index (κ2) is 4.06. The Labute approximate surface area is 99.1 Å². The van der Waals surface area contributed by atoms with Crippen molar-refractivity contribution in [1.82, 2.24) is 5.16 Å². The molecular formula is C10H7F2N3O3. The number of hydrogen-bond donors (Lipinski definition) is 1. The van der Waals surface area contributed by atoms with E-state index in [9.17, 15) is 18.9 Å². The van der Waals surface area contributed by atoms with Gasteiger partial charge in [0, 0.05) is 5.56 Å². The molecule has 0 aliphatic heterocycles. The third-order valence-corrected chi connectivity index (χ3v) is 2.42. The molecular weight excluding hydrogens is 248 g/mol. The smallest absolute Gasteiger partial charge is 0.308 e. The van der Waals surface area contributed by atoms with Crippen LogP contribution in [0.5, 0.6) is 0 Å². The van der Waals surface area contributed by atoms with Crippen molar-refractivity contribution >= 4 is 11.5 Å². The molecule has 2 aromatic rings. The zero-order valence-electron chi connectivity index (χ0n) is 9.11. The minimum absolute atomic E-state index is 0.0105. The topological polar surface area (TPSA) is 95.2 Å². The van der Waals surface area contributed by atoms with Gasteiger partial charge in [0.15, 0.2) is 11.6 Å². The molecule has 0 spiro atoms. The number of nitrogen functional groups attached to an aromatic ring is 1. The van der Waals surface area contributed by atoms with Crippen LogP contribution in [0.2, 0.25) is 0 Å². The highest BCUT2D eigenvalue weighted by molar-refractivity contribution is 5.68. The van der Waals surface area contributed by atoms with Crippen LogP contribution in [0.4, 0.5) is 20.3 Å². The predicted molar refractivity (Wildman–Crippen MR) is 57.7 cm³/mol. The first-order valence-electron chi connectivity index (χ1n) is 4.77. The molecule has 1 heterocycles. The summed E-state index contributed by atoms with van der Waals surface area (Å²) in [7, 11) is 0.